The van der Waals surface area contributed by atoms with Gasteiger partial charge in [-0.25, -0.2) is 9.78 Å². The molecule has 0 saturated heterocycles. The summed E-state index contributed by atoms with van der Waals surface area (Å²) in [6.45, 7) is 14.3. The maximum absolute atomic E-state index is 10.1. The minimum Gasteiger partial charge on any atom is -0.363 e. The van der Waals surface area contributed by atoms with E-state index in [0.717, 1.165) is 25.7 Å². The van der Waals surface area contributed by atoms with Crippen molar-refractivity contribution in [1.29, 1.82) is 0 Å². The molecule has 0 aromatic heterocycles. The predicted molar refractivity (Wildman–Crippen MR) is 75.1 cm³/mol. The summed E-state index contributed by atoms with van der Waals surface area (Å²) in [5.41, 5.74) is -0.228. The molecule has 3 nitrogen and oxygen atoms in total. The molecule has 0 heterocycles. The molecule has 1 N–H and O–H groups in total. The predicted octanol–water partition coefficient (Wildman–Crippen LogP) is 4.44. The molecule has 18 heavy (non-hydrogen) atoms. The highest BCUT2D eigenvalue weighted by Crippen LogP contribution is 2.31. The second kappa shape index (κ2) is 6.88. The van der Waals surface area contributed by atoms with E-state index in [1.54, 1.807) is 6.92 Å². The Labute approximate surface area is 113 Å². The van der Waals surface area contributed by atoms with Crippen molar-refractivity contribution in [1.82, 2.24) is 0 Å². The molecule has 0 aliphatic carbocycles. The fourth-order valence-corrected chi connectivity index (χ4v) is 2.25. The van der Waals surface area contributed by atoms with Crippen LogP contribution in [0, 0.1) is 5.41 Å². The zero-order valence-corrected chi connectivity index (χ0v) is 13.3. The van der Waals surface area contributed by atoms with Gasteiger partial charge in [-0.05, 0) is 39.0 Å². The molecule has 0 saturated carbocycles. The summed E-state index contributed by atoms with van der Waals surface area (Å²) in [5, 5.41) is 10.1. The molecule has 0 aliphatic heterocycles. The van der Waals surface area contributed by atoms with Gasteiger partial charge >= 0.3 is 0 Å². The molecule has 0 aliphatic rings. The van der Waals surface area contributed by atoms with Gasteiger partial charge in [-0.1, -0.05) is 40.5 Å². The second-order valence-electron chi connectivity index (χ2n) is 7.30. The fourth-order valence-electron chi connectivity index (χ4n) is 2.25. The van der Waals surface area contributed by atoms with Crippen molar-refractivity contribution in [2.45, 2.75) is 92.0 Å². The van der Waals surface area contributed by atoms with Crippen LogP contribution in [-0.4, -0.2) is 16.5 Å². The van der Waals surface area contributed by atoms with Crippen molar-refractivity contribution >= 4 is 0 Å². The van der Waals surface area contributed by atoms with Crippen molar-refractivity contribution in [2.24, 2.45) is 5.41 Å². The molecule has 0 radical (unpaired) electrons. The quantitative estimate of drug-likeness (QED) is 0.303. The molecule has 0 spiro atoms. The molecule has 0 amide bonds. The number of rotatable bonds is 8. The molecule has 0 fully saturated rings. The summed E-state index contributed by atoms with van der Waals surface area (Å²) in [6.07, 6.45) is 4.65. The molecule has 1 atom stereocenters. The molecule has 3 heteroatoms. The monoisotopic (exact) mass is 260 g/mol. The van der Waals surface area contributed by atoms with Crippen LogP contribution in [0.25, 0.3) is 0 Å². The maximum atomic E-state index is 10.1. The van der Waals surface area contributed by atoms with Gasteiger partial charge in [0.1, 0.15) is 0 Å². The molecular formula is C15H32O3. The maximum Gasteiger partial charge on any atom is 0.196 e. The van der Waals surface area contributed by atoms with Crippen LogP contribution < -0.4 is 0 Å². The van der Waals surface area contributed by atoms with Gasteiger partial charge in [-0.15, -0.1) is 0 Å². The first-order chi connectivity index (χ1) is 7.97. The fraction of sp³-hybridized carbons (Fsp3) is 1.00. The lowest BCUT2D eigenvalue weighted by Gasteiger charge is -2.34. The SMILES string of the molecule is CCCCCC(C)(O)OOC(C)(C)CC(C)(C)C. The highest BCUT2D eigenvalue weighted by molar-refractivity contribution is 4.76. The van der Waals surface area contributed by atoms with Crippen LogP contribution in [0.5, 0.6) is 0 Å². The Kier molecular flexibility index (Phi) is 6.83. The third-order valence-corrected chi connectivity index (χ3v) is 2.65. The van der Waals surface area contributed by atoms with E-state index in [4.69, 9.17) is 9.78 Å². The van der Waals surface area contributed by atoms with E-state index < -0.39 is 11.4 Å². The van der Waals surface area contributed by atoms with Crippen LogP contribution in [0.4, 0.5) is 0 Å². The van der Waals surface area contributed by atoms with Crippen molar-refractivity contribution in [2.75, 3.05) is 0 Å². The Hall–Kier alpha value is -0.120. The minimum absolute atomic E-state index is 0.168. The van der Waals surface area contributed by atoms with E-state index in [-0.39, 0.29) is 5.41 Å². The van der Waals surface area contributed by atoms with Gasteiger partial charge < -0.3 is 5.11 Å². The van der Waals surface area contributed by atoms with Crippen molar-refractivity contribution in [3.8, 4) is 0 Å². The third-order valence-electron chi connectivity index (χ3n) is 2.65. The van der Waals surface area contributed by atoms with Gasteiger partial charge in [-0.2, -0.15) is 0 Å². The van der Waals surface area contributed by atoms with Crippen molar-refractivity contribution in [3.63, 3.8) is 0 Å². The first-order valence-electron chi connectivity index (χ1n) is 7.07. The van der Waals surface area contributed by atoms with Gasteiger partial charge in [0.2, 0.25) is 0 Å². The van der Waals surface area contributed by atoms with E-state index in [9.17, 15) is 5.11 Å². The van der Waals surface area contributed by atoms with E-state index in [1.807, 2.05) is 13.8 Å². The van der Waals surface area contributed by atoms with Crippen LogP contribution in [0.3, 0.4) is 0 Å². The minimum atomic E-state index is -1.19. The number of hydrogen-bond donors (Lipinski definition) is 1. The number of unbranched alkanes of at least 4 members (excludes halogenated alkanes) is 2. The van der Waals surface area contributed by atoms with Gasteiger partial charge in [0.25, 0.3) is 0 Å². The van der Waals surface area contributed by atoms with Gasteiger partial charge in [0.05, 0.1) is 5.60 Å². The summed E-state index contributed by atoms with van der Waals surface area (Å²) in [5.74, 6) is -1.19. The summed E-state index contributed by atoms with van der Waals surface area (Å²) >= 11 is 0. The number of hydrogen-bond acceptors (Lipinski definition) is 3. The molecule has 0 aromatic carbocycles. The van der Waals surface area contributed by atoms with Crippen molar-refractivity contribution < 1.29 is 14.9 Å². The first kappa shape index (κ1) is 17.9. The Morgan fingerprint density at radius 2 is 1.44 bits per heavy atom. The Bertz CT molecular complexity index is 226. The standard InChI is InChI=1S/C15H32O3/c1-8-9-10-11-15(7,16)18-17-14(5,6)12-13(2,3)4/h16H,8-12H2,1-7H3. The molecule has 0 bridgehead atoms. The first-order valence-corrected chi connectivity index (χ1v) is 7.07. The zero-order chi connectivity index (χ0) is 14.4. The van der Waals surface area contributed by atoms with Crippen LogP contribution in [0.2, 0.25) is 0 Å². The lowest BCUT2D eigenvalue weighted by molar-refractivity contribution is -0.453. The highest BCUT2D eigenvalue weighted by Gasteiger charge is 2.31. The van der Waals surface area contributed by atoms with Crippen LogP contribution in [-0.2, 0) is 9.78 Å². The Balaban J connectivity index is 4.12. The summed E-state index contributed by atoms with van der Waals surface area (Å²) in [7, 11) is 0. The van der Waals surface area contributed by atoms with E-state index >= 15 is 0 Å². The van der Waals surface area contributed by atoms with Gasteiger partial charge in [0.15, 0.2) is 5.79 Å². The second-order valence-corrected chi connectivity index (χ2v) is 7.30. The average Bonchev–Trinajstić information content (AvgIpc) is 2.12. The van der Waals surface area contributed by atoms with E-state index in [2.05, 4.69) is 27.7 Å². The average molecular weight is 260 g/mol. The van der Waals surface area contributed by atoms with Crippen LogP contribution in [0.15, 0.2) is 0 Å². The lowest BCUT2D eigenvalue weighted by Crippen LogP contribution is -2.36. The normalized spacial score (nSPS) is 16.7. The highest BCUT2D eigenvalue weighted by atomic mass is 17.2. The largest absolute Gasteiger partial charge is 0.363 e. The molecule has 1 unspecified atom stereocenters. The molecule has 0 aromatic rings. The van der Waals surface area contributed by atoms with Crippen molar-refractivity contribution in [3.05, 3.63) is 0 Å². The number of aliphatic hydroxyl groups is 1. The third kappa shape index (κ3) is 9.86. The molecule has 0 rings (SSSR count). The van der Waals surface area contributed by atoms with Gasteiger partial charge in [-0.3, -0.25) is 0 Å². The summed E-state index contributed by atoms with van der Waals surface area (Å²) in [6, 6.07) is 0. The summed E-state index contributed by atoms with van der Waals surface area (Å²) in [4.78, 5) is 10.7. The van der Waals surface area contributed by atoms with Crippen LogP contribution in [0.1, 0.15) is 80.6 Å². The Morgan fingerprint density at radius 3 is 1.89 bits per heavy atom. The molecular weight excluding hydrogens is 228 g/mol. The Morgan fingerprint density at radius 1 is 0.889 bits per heavy atom. The summed E-state index contributed by atoms with van der Waals surface area (Å²) < 4.78 is 0. The molecule has 110 valence electrons. The van der Waals surface area contributed by atoms with Crippen LogP contribution >= 0.6 is 0 Å². The lowest BCUT2D eigenvalue weighted by atomic mass is 9.84. The zero-order valence-electron chi connectivity index (χ0n) is 13.3. The topological polar surface area (TPSA) is 38.7 Å². The smallest absolute Gasteiger partial charge is 0.196 e. The van der Waals surface area contributed by atoms with Gasteiger partial charge in [0, 0.05) is 6.42 Å². The van der Waals surface area contributed by atoms with E-state index in [1.165, 1.54) is 0 Å². The van der Waals surface area contributed by atoms with E-state index in [0.29, 0.717) is 6.42 Å².